The van der Waals surface area contributed by atoms with Crippen LogP contribution in [-0.4, -0.2) is 59.6 Å². The molecule has 1 saturated heterocycles. The van der Waals surface area contributed by atoms with E-state index in [4.69, 9.17) is 14.6 Å². The molecule has 0 unspecified atom stereocenters. The SMILES string of the molecule is CCCCCCCCCCCCCCCCO[C@H]1[C@@H]([C@H](O)CO)OC[C@@H]1O. The zero-order valence-corrected chi connectivity index (χ0v) is 17.5. The van der Waals surface area contributed by atoms with Crippen molar-refractivity contribution in [2.75, 3.05) is 19.8 Å². The average Bonchev–Trinajstić information content (AvgIpc) is 3.04. The summed E-state index contributed by atoms with van der Waals surface area (Å²) in [5, 5.41) is 28.6. The molecule has 0 aromatic carbocycles. The van der Waals surface area contributed by atoms with Gasteiger partial charge in [0.2, 0.25) is 0 Å². The summed E-state index contributed by atoms with van der Waals surface area (Å²) < 4.78 is 11.0. The normalized spacial score (nSPS) is 23.8. The summed E-state index contributed by atoms with van der Waals surface area (Å²) in [6.07, 6.45) is 15.6. The smallest absolute Gasteiger partial charge is 0.114 e. The van der Waals surface area contributed by atoms with E-state index in [2.05, 4.69) is 6.92 Å². The van der Waals surface area contributed by atoms with E-state index < -0.39 is 24.4 Å². The molecule has 5 heteroatoms. The maximum absolute atomic E-state index is 9.88. The van der Waals surface area contributed by atoms with Gasteiger partial charge in [0.25, 0.3) is 0 Å². The Morgan fingerprint density at radius 3 is 1.81 bits per heavy atom. The van der Waals surface area contributed by atoms with Gasteiger partial charge in [-0.25, -0.2) is 0 Å². The van der Waals surface area contributed by atoms with Crippen LogP contribution in [0.4, 0.5) is 0 Å². The summed E-state index contributed by atoms with van der Waals surface area (Å²) in [4.78, 5) is 0. The number of hydrogen-bond acceptors (Lipinski definition) is 5. The summed E-state index contributed by atoms with van der Waals surface area (Å²) in [5.41, 5.74) is 0. The van der Waals surface area contributed by atoms with Crippen LogP contribution in [0.15, 0.2) is 0 Å². The lowest BCUT2D eigenvalue weighted by molar-refractivity contribution is -0.0938. The second-order valence-electron chi connectivity index (χ2n) is 8.05. The fourth-order valence-corrected chi connectivity index (χ4v) is 3.77. The minimum Gasteiger partial charge on any atom is -0.394 e. The van der Waals surface area contributed by atoms with Crippen LogP contribution in [0.3, 0.4) is 0 Å². The van der Waals surface area contributed by atoms with E-state index >= 15 is 0 Å². The molecule has 1 fully saturated rings. The quantitative estimate of drug-likeness (QED) is 0.310. The van der Waals surface area contributed by atoms with Gasteiger partial charge in [-0.3, -0.25) is 0 Å². The fraction of sp³-hybridized carbons (Fsp3) is 1.00. The molecule has 1 rings (SSSR count). The minimum absolute atomic E-state index is 0.158. The second kappa shape index (κ2) is 16.7. The lowest BCUT2D eigenvalue weighted by atomic mass is 10.0. The molecule has 1 aliphatic heterocycles. The third-order valence-electron chi connectivity index (χ3n) is 5.54. The average molecular weight is 389 g/mol. The van der Waals surface area contributed by atoms with Gasteiger partial charge in [-0.05, 0) is 6.42 Å². The highest BCUT2D eigenvalue weighted by Gasteiger charge is 2.40. The topological polar surface area (TPSA) is 79.2 Å². The van der Waals surface area contributed by atoms with E-state index in [1.165, 1.54) is 77.0 Å². The number of rotatable bonds is 18. The highest BCUT2D eigenvalue weighted by atomic mass is 16.6. The molecule has 3 N–H and O–H groups in total. The molecule has 1 aliphatic rings. The number of aliphatic hydroxyl groups excluding tert-OH is 3. The number of unbranched alkanes of at least 4 members (excludes halogenated alkanes) is 13. The zero-order chi connectivity index (χ0) is 19.7. The maximum atomic E-state index is 9.88. The van der Waals surface area contributed by atoms with Crippen LogP contribution in [0, 0.1) is 0 Å². The van der Waals surface area contributed by atoms with Crippen molar-refractivity contribution in [2.24, 2.45) is 0 Å². The summed E-state index contributed by atoms with van der Waals surface area (Å²) in [7, 11) is 0. The van der Waals surface area contributed by atoms with E-state index in [1.54, 1.807) is 0 Å². The summed E-state index contributed by atoms with van der Waals surface area (Å²) in [6.45, 7) is 2.61. The van der Waals surface area contributed by atoms with Crippen molar-refractivity contribution in [3.8, 4) is 0 Å². The Morgan fingerprint density at radius 1 is 0.852 bits per heavy atom. The van der Waals surface area contributed by atoms with Gasteiger partial charge in [0.05, 0.1) is 13.2 Å². The number of hydrogen-bond donors (Lipinski definition) is 3. The summed E-state index contributed by atoms with van der Waals surface area (Å²) in [5.74, 6) is 0. The molecule has 27 heavy (non-hydrogen) atoms. The lowest BCUT2D eigenvalue weighted by Gasteiger charge is -2.23. The predicted octanol–water partition coefficient (Wildman–Crippen LogP) is 3.97. The van der Waals surface area contributed by atoms with Gasteiger partial charge in [0.15, 0.2) is 0 Å². The van der Waals surface area contributed by atoms with Crippen molar-refractivity contribution in [1.82, 2.24) is 0 Å². The van der Waals surface area contributed by atoms with Gasteiger partial charge in [-0.1, -0.05) is 90.4 Å². The fourth-order valence-electron chi connectivity index (χ4n) is 3.77. The van der Waals surface area contributed by atoms with Crippen molar-refractivity contribution >= 4 is 0 Å². The minimum atomic E-state index is -0.997. The van der Waals surface area contributed by atoms with Crippen LogP contribution >= 0.6 is 0 Å². The van der Waals surface area contributed by atoms with E-state index in [1.807, 2.05) is 0 Å². The first-order valence-electron chi connectivity index (χ1n) is 11.4. The van der Waals surface area contributed by atoms with Crippen LogP contribution in [0.25, 0.3) is 0 Å². The molecule has 0 radical (unpaired) electrons. The zero-order valence-electron chi connectivity index (χ0n) is 17.5. The second-order valence-corrected chi connectivity index (χ2v) is 8.05. The molecule has 0 spiro atoms. The molecular weight excluding hydrogens is 344 g/mol. The van der Waals surface area contributed by atoms with Gasteiger partial charge >= 0.3 is 0 Å². The van der Waals surface area contributed by atoms with Crippen LogP contribution < -0.4 is 0 Å². The first-order chi connectivity index (χ1) is 13.2. The Kier molecular flexibility index (Phi) is 15.4. The van der Waals surface area contributed by atoms with Gasteiger partial charge < -0.3 is 24.8 Å². The molecule has 0 bridgehead atoms. The highest BCUT2D eigenvalue weighted by Crippen LogP contribution is 2.21. The molecule has 0 aromatic heterocycles. The van der Waals surface area contributed by atoms with E-state index in [9.17, 15) is 10.2 Å². The molecule has 1 heterocycles. The van der Waals surface area contributed by atoms with Crippen molar-refractivity contribution in [3.05, 3.63) is 0 Å². The number of ether oxygens (including phenoxy) is 2. The third kappa shape index (κ3) is 11.4. The summed E-state index contributed by atoms with van der Waals surface area (Å²) in [6, 6.07) is 0. The van der Waals surface area contributed by atoms with Crippen molar-refractivity contribution in [2.45, 2.75) is 121 Å². The van der Waals surface area contributed by atoms with Crippen LogP contribution in [0.2, 0.25) is 0 Å². The van der Waals surface area contributed by atoms with Crippen LogP contribution in [0.5, 0.6) is 0 Å². The standard InChI is InChI=1S/C22H44O5/c1-2-3-4-5-6-7-8-9-10-11-12-13-14-15-16-26-22-20(25)18-27-21(22)19(24)17-23/h19-25H,2-18H2,1H3/t19-,20+,21-,22-/m1/s1. The van der Waals surface area contributed by atoms with E-state index in [-0.39, 0.29) is 13.2 Å². The Hall–Kier alpha value is -0.200. The summed E-state index contributed by atoms with van der Waals surface area (Å²) >= 11 is 0. The molecular formula is C22H44O5. The van der Waals surface area contributed by atoms with Gasteiger partial charge in [-0.15, -0.1) is 0 Å². The molecule has 0 aliphatic carbocycles. The molecule has 0 saturated carbocycles. The third-order valence-corrected chi connectivity index (χ3v) is 5.54. The van der Waals surface area contributed by atoms with Crippen molar-refractivity contribution < 1.29 is 24.8 Å². The Balaban J connectivity index is 1.86. The molecule has 5 nitrogen and oxygen atoms in total. The maximum Gasteiger partial charge on any atom is 0.114 e. The molecule has 0 aromatic rings. The Labute approximate surface area is 166 Å². The van der Waals surface area contributed by atoms with Gasteiger partial charge in [0, 0.05) is 6.61 Å². The number of aliphatic hydroxyl groups is 3. The Bertz CT molecular complexity index is 326. The van der Waals surface area contributed by atoms with E-state index in [0.717, 1.165) is 12.8 Å². The predicted molar refractivity (Wildman–Crippen MR) is 109 cm³/mol. The van der Waals surface area contributed by atoms with Gasteiger partial charge in [-0.2, -0.15) is 0 Å². The van der Waals surface area contributed by atoms with Crippen LogP contribution in [-0.2, 0) is 9.47 Å². The van der Waals surface area contributed by atoms with Crippen LogP contribution in [0.1, 0.15) is 96.8 Å². The van der Waals surface area contributed by atoms with Gasteiger partial charge in [0.1, 0.15) is 24.4 Å². The first kappa shape index (κ1) is 24.8. The Morgan fingerprint density at radius 2 is 1.33 bits per heavy atom. The molecule has 162 valence electrons. The first-order valence-corrected chi connectivity index (χ1v) is 11.4. The molecule has 0 amide bonds. The largest absolute Gasteiger partial charge is 0.394 e. The highest BCUT2D eigenvalue weighted by molar-refractivity contribution is 4.89. The monoisotopic (exact) mass is 388 g/mol. The van der Waals surface area contributed by atoms with Crippen molar-refractivity contribution in [1.29, 1.82) is 0 Å². The van der Waals surface area contributed by atoms with E-state index in [0.29, 0.717) is 6.61 Å². The van der Waals surface area contributed by atoms with Crippen molar-refractivity contribution in [3.63, 3.8) is 0 Å². The molecule has 4 atom stereocenters. The lowest BCUT2D eigenvalue weighted by Crippen LogP contribution is -2.42.